The molecule has 1 saturated heterocycles. The van der Waals surface area contributed by atoms with Crippen LogP contribution in [0.5, 0.6) is 0 Å². The third-order valence-electron chi connectivity index (χ3n) is 3.91. The minimum atomic E-state index is 0.134. The quantitative estimate of drug-likeness (QED) is 0.922. The van der Waals surface area contributed by atoms with Gasteiger partial charge in [0.15, 0.2) is 0 Å². The van der Waals surface area contributed by atoms with Gasteiger partial charge in [-0.05, 0) is 37.5 Å². The van der Waals surface area contributed by atoms with Gasteiger partial charge < -0.3 is 10.6 Å². The molecule has 1 aromatic rings. The Morgan fingerprint density at radius 2 is 1.75 bits per heavy atom. The molecule has 0 spiro atoms. The number of nitrogens with zero attached hydrogens (tertiary/aromatic N) is 2. The Labute approximate surface area is 121 Å². The zero-order valence-corrected chi connectivity index (χ0v) is 12.3. The van der Waals surface area contributed by atoms with E-state index in [1.54, 1.807) is 0 Å². The Hall–Kier alpha value is -1.55. The van der Waals surface area contributed by atoms with E-state index in [0.29, 0.717) is 13.1 Å². The minimum absolute atomic E-state index is 0.134. The third kappa shape index (κ3) is 3.51. The summed E-state index contributed by atoms with van der Waals surface area (Å²) < 4.78 is 0. The van der Waals surface area contributed by atoms with E-state index in [4.69, 9.17) is 5.73 Å². The molecule has 0 saturated carbocycles. The average Bonchev–Trinajstić information content (AvgIpc) is 2.77. The molecule has 0 atom stereocenters. The number of rotatable bonds is 3. The van der Waals surface area contributed by atoms with Crippen molar-refractivity contribution in [3.8, 4) is 0 Å². The van der Waals surface area contributed by atoms with Crippen LogP contribution in [-0.4, -0.2) is 30.6 Å². The van der Waals surface area contributed by atoms with Crippen LogP contribution in [-0.2, 0) is 6.54 Å². The van der Waals surface area contributed by atoms with E-state index in [9.17, 15) is 4.79 Å². The smallest absolute Gasteiger partial charge is 0.324 e. The van der Waals surface area contributed by atoms with Crippen LogP contribution in [0.25, 0.3) is 0 Å². The zero-order valence-electron chi connectivity index (χ0n) is 12.3. The van der Waals surface area contributed by atoms with E-state index in [0.717, 1.165) is 37.2 Å². The second kappa shape index (κ2) is 7.29. The lowest BCUT2D eigenvalue weighted by Crippen LogP contribution is -2.43. The molecular weight excluding hydrogens is 250 g/mol. The second-order valence-electron chi connectivity index (χ2n) is 5.30. The summed E-state index contributed by atoms with van der Waals surface area (Å²) in [6.45, 7) is 5.02. The zero-order chi connectivity index (χ0) is 14.4. The van der Waals surface area contributed by atoms with Gasteiger partial charge in [0.05, 0.1) is 0 Å². The van der Waals surface area contributed by atoms with Crippen LogP contribution < -0.4 is 10.6 Å². The number of anilines is 1. The fraction of sp³-hybridized carbons (Fsp3) is 0.562. The van der Waals surface area contributed by atoms with E-state index in [1.807, 2.05) is 41.0 Å². The van der Waals surface area contributed by atoms with Crippen LogP contribution in [0.2, 0.25) is 0 Å². The maximum atomic E-state index is 12.7. The highest BCUT2D eigenvalue weighted by molar-refractivity contribution is 5.92. The second-order valence-corrected chi connectivity index (χ2v) is 5.30. The van der Waals surface area contributed by atoms with Crippen molar-refractivity contribution in [2.75, 3.05) is 24.5 Å². The van der Waals surface area contributed by atoms with Crippen LogP contribution in [0, 0.1) is 0 Å². The highest BCUT2D eigenvalue weighted by atomic mass is 16.2. The van der Waals surface area contributed by atoms with Crippen molar-refractivity contribution in [3.63, 3.8) is 0 Å². The summed E-state index contributed by atoms with van der Waals surface area (Å²) in [6, 6.07) is 8.10. The SMILES string of the molecule is CCN(C(=O)N1CCCCCC1)c1ccc(CN)cc1. The van der Waals surface area contributed by atoms with Gasteiger partial charge in [-0.3, -0.25) is 4.90 Å². The number of amides is 2. The largest absolute Gasteiger partial charge is 0.326 e. The van der Waals surface area contributed by atoms with Gasteiger partial charge in [-0.1, -0.05) is 25.0 Å². The van der Waals surface area contributed by atoms with Crippen molar-refractivity contribution in [1.82, 2.24) is 4.90 Å². The molecule has 0 radical (unpaired) electrons. The third-order valence-corrected chi connectivity index (χ3v) is 3.91. The summed E-state index contributed by atoms with van der Waals surface area (Å²) in [5.74, 6) is 0. The number of urea groups is 1. The summed E-state index contributed by atoms with van der Waals surface area (Å²) in [7, 11) is 0. The first-order valence-electron chi connectivity index (χ1n) is 7.61. The maximum absolute atomic E-state index is 12.7. The van der Waals surface area contributed by atoms with E-state index in [2.05, 4.69) is 0 Å². The molecule has 1 heterocycles. The number of benzene rings is 1. The van der Waals surface area contributed by atoms with Crippen molar-refractivity contribution < 1.29 is 4.79 Å². The van der Waals surface area contributed by atoms with Gasteiger partial charge in [0.25, 0.3) is 0 Å². The molecule has 4 nitrogen and oxygen atoms in total. The summed E-state index contributed by atoms with van der Waals surface area (Å²) in [6.07, 6.45) is 4.72. The molecule has 0 bridgehead atoms. The molecular formula is C16H25N3O. The van der Waals surface area contributed by atoms with E-state index >= 15 is 0 Å². The number of hydrogen-bond donors (Lipinski definition) is 1. The van der Waals surface area contributed by atoms with Gasteiger partial charge in [0.1, 0.15) is 0 Å². The first-order chi connectivity index (χ1) is 9.76. The monoisotopic (exact) mass is 275 g/mol. The van der Waals surface area contributed by atoms with Crippen molar-refractivity contribution >= 4 is 11.7 Å². The highest BCUT2D eigenvalue weighted by Gasteiger charge is 2.21. The van der Waals surface area contributed by atoms with Gasteiger partial charge in [0.2, 0.25) is 0 Å². The predicted octanol–water partition coefficient (Wildman–Crippen LogP) is 2.97. The fourth-order valence-corrected chi connectivity index (χ4v) is 2.67. The molecule has 2 amide bonds. The van der Waals surface area contributed by atoms with Crippen LogP contribution in [0.1, 0.15) is 38.2 Å². The number of likely N-dealkylation sites (tertiary alicyclic amines) is 1. The Balaban J connectivity index is 2.10. The van der Waals surface area contributed by atoms with E-state index in [1.165, 1.54) is 12.8 Å². The molecule has 110 valence electrons. The van der Waals surface area contributed by atoms with Gasteiger partial charge >= 0.3 is 6.03 Å². The molecule has 1 aliphatic heterocycles. The summed E-state index contributed by atoms with van der Waals surface area (Å²) >= 11 is 0. The molecule has 2 N–H and O–H groups in total. The van der Waals surface area contributed by atoms with E-state index in [-0.39, 0.29) is 6.03 Å². The van der Waals surface area contributed by atoms with Crippen LogP contribution in [0.3, 0.4) is 0 Å². The molecule has 0 aromatic heterocycles. The summed E-state index contributed by atoms with van der Waals surface area (Å²) in [5.41, 5.74) is 7.66. The lowest BCUT2D eigenvalue weighted by Gasteiger charge is -2.29. The Morgan fingerprint density at radius 3 is 2.25 bits per heavy atom. The number of nitrogens with two attached hydrogens (primary N) is 1. The van der Waals surface area contributed by atoms with Crippen LogP contribution >= 0.6 is 0 Å². The normalized spacial score (nSPS) is 15.8. The van der Waals surface area contributed by atoms with Crippen molar-refractivity contribution in [2.45, 2.75) is 39.2 Å². The Kier molecular flexibility index (Phi) is 5.41. The summed E-state index contributed by atoms with van der Waals surface area (Å²) in [5, 5.41) is 0. The Morgan fingerprint density at radius 1 is 1.15 bits per heavy atom. The molecule has 1 aliphatic rings. The van der Waals surface area contributed by atoms with Crippen LogP contribution in [0.15, 0.2) is 24.3 Å². The van der Waals surface area contributed by atoms with Crippen molar-refractivity contribution in [1.29, 1.82) is 0 Å². The van der Waals surface area contributed by atoms with Crippen molar-refractivity contribution in [3.05, 3.63) is 29.8 Å². The number of hydrogen-bond acceptors (Lipinski definition) is 2. The average molecular weight is 275 g/mol. The fourth-order valence-electron chi connectivity index (χ4n) is 2.67. The van der Waals surface area contributed by atoms with Crippen LogP contribution in [0.4, 0.5) is 10.5 Å². The summed E-state index contributed by atoms with van der Waals surface area (Å²) in [4.78, 5) is 16.5. The lowest BCUT2D eigenvalue weighted by atomic mass is 10.2. The number of carbonyl (C=O) groups is 1. The van der Waals surface area contributed by atoms with Gasteiger partial charge in [-0.25, -0.2) is 4.79 Å². The molecule has 1 aromatic carbocycles. The van der Waals surface area contributed by atoms with E-state index < -0.39 is 0 Å². The first-order valence-corrected chi connectivity index (χ1v) is 7.61. The number of carbonyl (C=O) groups excluding carboxylic acids is 1. The molecule has 4 heteroatoms. The highest BCUT2D eigenvalue weighted by Crippen LogP contribution is 2.19. The molecule has 2 rings (SSSR count). The lowest BCUT2D eigenvalue weighted by molar-refractivity contribution is 0.207. The molecule has 20 heavy (non-hydrogen) atoms. The topological polar surface area (TPSA) is 49.6 Å². The standard InChI is InChI=1S/C16H25N3O/c1-2-19(15-9-7-14(13-17)8-10-15)16(20)18-11-5-3-4-6-12-18/h7-10H,2-6,11-13,17H2,1H3. The van der Waals surface area contributed by atoms with Gasteiger partial charge in [-0.15, -0.1) is 0 Å². The maximum Gasteiger partial charge on any atom is 0.324 e. The van der Waals surface area contributed by atoms with Gasteiger partial charge in [0, 0.05) is 31.9 Å². The van der Waals surface area contributed by atoms with Crippen molar-refractivity contribution in [2.24, 2.45) is 5.73 Å². The molecule has 0 aliphatic carbocycles. The molecule has 1 fully saturated rings. The first kappa shape index (κ1) is 14.9. The Bertz CT molecular complexity index is 422. The predicted molar refractivity (Wildman–Crippen MR) is 82.8 cm³/mol. The van der Waals surface area contributed by atoms with Gasteiger partial charge in [-0.2, -0.15) is 0 Å². The molecule has 0 unspecified atom stereocenters. The minimum Gasteiger partial charge on any atom is -0.326 e.